The molecular weight excluding hydrogens is 274 g/mol. The number of nitrogens with one attached hydrogen (secondary N) is 1. The van der Waals surface area contributed by atoms with Gasteiger partial charge in [-0.05, 0) is 19.3 Å². The van der Waals surface area contributed by atoms with E-state index in [-0.39, 0.29) is 18.4 Å². The topological polar surface area (TPSA) is 89.9 Å². The Morgan fingerprint density at radius 2 is 2.10 bits per heavy atom. The Hall–Kier alpha value is -1.79. The molecule has 3 amide bonds. The first-order chi connectivity index (χ1) is 10.0. The average Bonchev–Trinajstić information content (AvgIpc) is 2.75. The van der Waals surface area contributed by atoms with E-state index < -0.39 is 11.5 Å². The second kappa shape index (κ2) is 6.32. The van der Waals surface area contributed by atoms with Gasteiger partial charge < -0.3 is 20.2 Å². The van der Waals surface area contributed by atoms with Gasteiger partial charge in [0, 0.05) is 32.6 Å². The molecule has 0 saturated carbocycles. The second-order valence-electron chi connectivity index (χ2n) is 5.71. The number of rotatable bonds is 3. The Bertz CT molecular complexity index is 440. The van der Waals surface area contributed by atoms with Gasteiger partial charge in [0.1, 0.15) is 5.54 Å². The quantitative estimate of drug-likeness (QED) is 0.800. The molecule has 0 aliphatic carbocycles. The van der Waals surface area contributed by atoms with E-state index in [2.05, 4.69) is 5.32 Å². The summed E-state index contributed by atoms with van der Waals surface area (Å²) >= 11 is 0. The van der Waals surface area contributed by atoms with Crippen LogP contribution in [0.25, 0.3) is 0 Å². The standard InChI is InChI=1S/C14H23N3O4/c1-2-5-14(12(19)20)6-3-8-17(14)13(21)16-9-4-11(18)15-7-10-16/h2-10H2,1H3,(H,15,18)(H,19,20). The molecule has 21 heavy (non-hydrogen) atoms. The summed E-state index contributed by atoms with van der Waals surface area (Å²) in [6, 6.07) is -0.250. The van der Waals surface area contributed by atoms with E-state index in [1.54, 1.807) is 4.90 Å². The highest BCUT2D eigenvalue weighted by molar-refractivity contribution is 5.87. The number of aliphatic carboxylic acids is 1. The van der Waals surface area contributed by atoms with Crippen LogP contribution in [0.5, 0.6) is 0 Å². The maximum absolute atomic E-state index is 12.7. The van der Waals surface area contributed by atoms with Crippen molar-refractivity contribution in [2.45, 2.75) is 44.6 Å². The minimum Gasteiger partial charge on any atom is -0.479 e. The van der Waals surface area contributed by atoms with Crippen molar-refractivity contribution in [3.63, 3.8) is 0 Å². The van der Waals surface area contributed by atoms with Crippen LogP contribution in [0.4, 0.5) is 4.79 Å². The zero-order chi connectivity index (χ0) is 15.5. The van der Waals surface area contributed by atoms with Crippen LogP contribution in [-0.4, -0.2) is 64.5 Å². The molecule has 0 aromatic carbocycles. The van der Waals surface area contributed by atoms with Crippen molar-refractivity contribution in [3.8, 4) is 0 Å². The molecule has 2 heterocycles. The van der Waals surface area contributed by atoms with Crippen LogP contribution in [-0.2, 0) is 9.59 Å². The molecule has 1 atom stereocenters. The van der Waals surface area contributed by atoms with Gasteiger partial charge in [-0.1, -0.05) is 13.3 Å². The van der Waals surface area contributed by atoms with Crippen molar-refractivity contribution in [3.05, 3.63) is 0 Å². The van der Waals surface area contributed by atoms with Crippen LogP contribution in [0, 0.1) is 0 Å². The Labute approximate surface area is 124 Å². The number of urea groups is 1. The molecule has 0 aromatic heterocycles. The molecule has 2 fully saturated rings. The zero-order valence-corrected chi connectivity index (χ0v) is 12.4. The summed E-state index contributed by atoms with van der Waals surface area (Å²) in [5.41, 5.74) is -1.07. The number of carbonyl (C=O) groups excluding carboxylic acids is 2. The van der Waals surface area contributed by atoms with E-state index in [0.29, 0.717) is 45.4 Å². The summed E-state index contributed by atoms with van der Waals surface area (Å²) in [6.07, 6.45) is 2.68. The molecule has 2 aliphatic rings. The molecule has 2 N–H and O–H groups in total. The van der Waals surface area contributed by atoms with Gasteiger partial charge in [-0.2, -0.15) is 0 Å². The fourth-order valence-corrected chi connectivity index (χ4v) is 3.29. The molecular formula is C14H23N3O4. The van der Waals surface area contributed by atoms with Gasteiger partial charge in [0.15, 0.2) is 0 Å². The number of likely N-dealkylation sites (tertiary alicyclic amines) is 1. The van der Waals surface area contributed by atoms with Gasteiger partial charge in [0.05, 0.1) is 0 Å². The predicted molar refractivity (Wildman–Crippen MR) is 75.8 cm³/mol. The normalized spacial score (nSPS) is 26.4. The SMILES string of the molecule is CCCC1(C(=O)O)CCCN1C(=O)N1CCNC(=O)CC1. The van der Waals surface area contributed by atoms with Crippen molar-refractivity contribution >= 4 is 17.9 Å². The average molecular weight is 297 g/mol. The Morgan fingerprint density at radius 3 is 2.76 bits per heavy atom. The van der Waals surface area contributed by atoms with E-state index in [4.69, 9.17) is 0 Å². The molecule has 7 heteroatoms. The van der Waals surface area contributed by atoms with Gasteiger partial charge in [0.2, 0.25) is 5.91 Å². The van der Waals surface area contributed by atoms with Gasteiger partial charge in [0.25, 0.3) is 0 Å². The summed E-state index contributed by atoms with van der Waals surface area (Å²) in [4.78, 5) is 38.9. The van der Waals surface area contributed by atoms with Gasteiger partial charge >= 0.3 is 12.0 Å². The lowest BCUT2D eigenvalue weighted by Gasteiger charge is -2.37. The van der Waals surface area contributed by atoms with Crippen molar-refractivity contribution < 1.29 is 19.5 Å². The fourth-order valence-electron chi connectivity index (χ4n) is 3.29. The summed E-state index contributed by atoms with van der Waals surface area (Å²) in [5, 5.41) is 12.4. The Kier molecular flexibility index (Phi) is 4.69. The Balaban J connectivity index is 2.16. The highest BCUT2D eigenvalue weighted by atomic mass is 16.4. The molecule has 0 spiro atoms. The summed E-state index contributed by atoms with van der Waals surface area (Å²) in [7, 11) is 0. The largest absolute Gasteiger partial charge is 0.479 e. The van der Waals surface area contributed by atoms with Crippen molar-refractivity contribution in [1.29, 1.82) is 0 Å². The Morgan fingerprint density at radius 1 is 1.33 bits per heavy atom. The van der Waals surface area contributed by atoms with E-state index in [0.717, 1.165) is 6.42 Å². The van der Waals surface area contributed by atoms with E-state index in [9.17, 15) is 19.5 Å². The number of hydrogen-bond acceptors (Lipinski definition) is 3. The van der Waals surface area contributed by atoms with Gasteiger partial charge in [-0.3, -0.25) is 4.79 Å². The lowest BCUT2D eigenvalue weighted by molar-refractivity contribution is -0.149. The second-order valence-corrected chi connectivity index (χ2v) is 5.71. The number of amides is 3. The maximum atomic E-state index is 12.7. The number of carbonyl (C=O) groups is 3. The van der Waals surface area contributed by atoms with Crippen molar-refractivity contribution in [2.75, 3.05) is 26.2 Å². The summed E-state index contributed by atoms with van der Waals surface area (Å²) < 4.78 is 0. The van der Waals surface area contributed by atoms with E-state index >= 15 is 0 Å². The molecule has 2 rings (SSSR count). The molecule has 118 valence electrons. The number of carboxylic acids is 1. The first kappa shape index (κ1) is 15.6. The molecule has 2 aliphatic heterocycles. The molecule has 2 saturated heterocycles. The summed E-state index contributed by atoms with van der Waals surface area (Å²) in [6.45, 7) is 3.61. The molecule has 1 unspecified atom stereocenters. The van der Waals surface area contributed by atoms with E-state index in [1.807, 2.05) is 6.92 Å². The lowest BCUT2D eigenvalue weighted by Crippen LogP contribution is -2.57. The number of carboxylic acid groups (broad SMARTS) is 1. The third-order valence-corrected chi connectivity index (χ3v) is 4.36. The van der Waals surface area contributed by atoms with E-state index in [1.165, 1.54) is 4.90 Å². The van der Waals surface area contributed by atoms with Gasteiger partial charge in [-0.25, -0.2) is 9.59 Å². The van der Waals surface area contributed by atoms with Crippen LogP contribution in [0.1, 0.15) is 39.0 Å². The number of hydrogen-bond donors (Lipinski definition) is 2. The molecule has 7 nitrogen and oxygen atoms in total. The van der Waals surface area contributed by atoms with Crippen LogP contribution in [0.2, 0.25) is 0 Å². The monoisotopic (exact) mass is 297 g/mol. The van der Waals surface area contributed by atoms with Crippen LogP contribution < -0.4 is 5.32 Å². The highest BCUT2D eigenvalue weighted by Gasteiger charge is 2.50. The fraction of sp³-hybridized carbons (Fsp3) is 0.786. The minimum absolute atomic E-state index is 0.0650. The third-order valence-electron chi connectivity index (χ3n) is 4.36. The smallest absolute Gasteiger partial charge is 0.329 e. The van der Waals surface area contributed by atoms with Crippen molar-refractivity contribution in [2.24, 2.45) is 0 Å². The number of nitrogens with zero attached hydrogens (tertiary/aromatic N) is 2. The summed E-state index contributed by atoms with van der Waals surface area (Å²) in [5.74, 6) is -0.982. The van der Waals surface area contributed by atoms with Crippen molar-refractivity contribution in [1.82, 2.24) is 15.1 Å². The zero-order valence-electron chi connectivity index (χ0n) is 12.4. The van der Waals surface area contributed by atoms with Crippen LogP contribution >= 0.6 is 0 Å². The molecule has 0 radical (unpaired) electrons. The molecule has 0 aromatic rings. The third kappa shape index (κ3) is 2.96. The molecule has 0 bridgehead atoms. The maximum Gasteiger partial charge on any atom is 0.329 e. The van der Waals surface area contributed by atoms with Crippen LogP contribution in [0.3, 0.4) is 0 Å². The lowest BCUT2D eigenvalue weighted by atomic mass is 9.91. The first-order valence-electron chi connectivity index (χ1n) is 7.58. The van der Waals surface area contributed by atoms with Crippen LogP contribution in [0.15, 0.2) is 0 Å². The minimum atomic E-state index is -1.07. The first-order valence-corrected chi connectivity index (χ1v) is 7.58. The highest BCUT2D eigenvalue weighted by Crippen LogP contribution is 2.35. The van der Waals surface area contributed by atoms with Gasteiger partial charge in [-0.15, -0.1) is 0 Å². The predicted octanol–water partition coefficient (Wildman–Crippen LogP) is 0.648.